The Kier molecular flexibility index (Phi) is 30.0. The highest BCUT2D eigenvalue weighted by molar-refractivity contribution is 7.22. The van der Waals surface area contributed by atoms with E-state index in [9.17, 15) is 0 Å². The summed E-state index contributed by atoms with van der Waals surface area (Å²) < 4.78 is 6.53. The molecule has 6 aromatic rings. The van der Waals surface area contributed by atoms with Crippen LogP contribution in [0.2, 0.25) is 0 Å². The van der Waals surface area contributed by atoms with Gasteiger partial charge in [0.05, 0.1) is 0 Å². The molecule has 0 saturated carbocycles. The average Bonchev–Trinajstić information content (AvgIpc) is 4.27. The van der Waals surface area contributed by atoms with E-state index in [1.54, 1.807) is 83.5 Å². The van der Waals surface area contributed by atoms with Gasteiger partial charge in [0.2, 0.25) is 0 Å². The van der Waals surface area contributed by atoms with Crippen molar-refractivity contribution >= 4 is 96.8 Å². The second kappa shape index (κ2) is 36.2. The molecule has 4 heterocycles. The molecule has 0 unspecified atom stereocenters. The Morgan fingerprint density at radius 3 is 0.838 bits per heavy atom. The molecule has 0 N–H and O–H groups in total. The van der Waals surface area contributed by atoms with Crippen molar-refractivity contribution in [3.05, 3.63) is 67.0 Å². The monoisotopic (exact) mass is 1080 g/mol. The highest BCUT2D eigenvalue weighted by atomic mass is 32.1. The third-order valence-corrected chi connectivity index (χ3v) is 21.3. The van der Waals surface area contributed by atoms with E-state index in [2.05, 4.69) is 99.2 Å². The zero-order valence-corrected chi connectivity index (χ0v) is 52.1. The molecule has 0 aliphatic carbocycles. The number of hydrogen-bond donors (Lipinski definition) is 0. The molecule has 0 atom stereocenters. The third-order valence-electron chi connectivity index (χ3n) is 16.8. The van der Waals surface area contributed by atoms with Gasteiger partial charge in [0.15, 0.2) is 0 Å². The first-order valence-electron chi connectivity index (χ1n) is 32.2. The van der Waals surface area contributed by atoms with Crippen LogP contribution in [-0.4, -0.2) is 0 Å². The second-order valence-corrected chi connectivity index (χ2v) is 26.9. The standard InChI is InChI=1S/C70H108S4/c1-7-13-19-25-31-37-43-55(65-53-63-61-49-51-71-67(61)57(45-39-33-27-21-15-9-3)59(69(63)73-65)47-41-35-29-23-17-11-5)56(44-38-32-26-20-14-8-2)66-54-64-62-50-52-72-68(62)58(46-40-34-28-22-16-10-4)60(70(64)74-66)48-42-36-30-24-18-12-6/h49-54H,7-48H2,1-6H3/b56-55+. The van der Waals surface area contributed by atoms with Gasteiger partial charge >= 0.3 is 0 Å². The minimum atomic E-state index is 1.21. The number of unbranched alkanes of at least 4 members (excludes halogenated alkanes) is 30. The van der Waals surface area contributed by atoms with Gasteiger partial charge in [-0.2, -0.15) is 0 Å². The summed E-state index contributed by atoms with van der Waals surface area (Å²) in [6, 6.07) is 10.5. The first-order chi connectivity index (χ1) is 36.6. The summed E-state index contributed by atoms with van der Waals surface area (Å²) in [4.78, 5) is 3.22. The minimum Gasteiger partial charge on any atom is -0.143 e. The fraction of sp³-hybridized carbons (Fsp3) is 0.686. The lowest BCUT2D eigenvalue weighted by Crippen LogP contribution is -1.97. The van der Waals surface area contributed by atoms with Crippen molar-refractivity contribution in [1.82, 2.24) is 0 Å². The molecule has 0 spiro atoms. The van der Waals surface area contributed by atoms with E-state index in [4.69, 9.17) is 0 Å². The van der Waals surface area contributed by atoms with Gasteiger partial charge in [-0.15, -0.1) is 45.3 Å². The smallest absolute Gasteiger partial charge is 0.0391 e. The van der Waals surface area contributed by atoms with Crippen LogP contribution in [0.5, 0.6) is 0 Å². The summed E-state index contributed by atoms with van der Waals surface area (Å²) in [6.07, 6.45) is 56.5. The Morgan fingerprint density at radius 1 is 0.284 bits per heavy atom. The van der Waals surface area contributed by atoms with E-state index < -0.39 is 0 Å². The molecule has 0 amide bonds. The normalized spacial score (nSPS) is 12.5. The Bertz CT molecular complexity index is 2290. The largest absolute Gasteiger partial charge is 0.143 e. The third kappa shape index (κ3) is 18.6. The van der Waals surface area contributed by atoms with Crippen LogP contribution in [0.4, 0.5) is 0 Å². The summed E-state index contributed by atoms with van der Waals surface area (Å²) in [5, 5.41) is 11.1. The van der Waals surface area contributed by atoms with E-state index in [1.807, 2.05) is 22.7 Å². The molecule has 0 bridgehead atoms. The lowest BCUT2D eigenvalue weighted by atomic mass is 9.91. The SMILES string of the molecule is CCCCCCCC/C(=C(/CCCCCCCC)c1cc2c(s1)c(CCCCCCCC)c(CCCCCCCC)c1sccc12)c1cc2c(s1)c(CCCCCCCC)c(CCCCCCCC)c1sccc12. The number of rotatable bonds is 44. The van der Waals surface area contributed by atoms with Crippen LogP contribution >= 0.6 is 45.3 Å². The molecule has 4 aromatic heterocycles. The van der Waals surface area contributed by atoms with Gasteiger partial charge in [0.25, 0.3) is 0 Å². The van der Waals surface area contributed by atoms with E-state index in [-0.39, 0.29) is 0 Å². The Labute approximate surface area is 471 Å². The van der Waals surface area contributed by atoms with Crippen LogP contribution in [0, 0.1) is 0 Å². The van der Waals surface area contributed by atoms with Crippen LogP contribution < -0.4 is 0 Å². The van der Waals surface area contributed by atoms with E-state index >= 15 is 0 Å². The van der Waals surface area contributed by atoms with E-state index in [0.29, 0.717) is 0 Å². The lowest BCUT2D eigenvalue weighted by Gasteiger charge is -2.15. The van der Waals surface area contributed by atoms with Crippen LogP contribution in [-0.2, 0) is 25.7 Å². The minimum absolute atomic E-state index is 1.21. The summed E-state index contributed by atoms with van der Waals surface area (Å²) >= 11 is 8.57. The van der Waals surface area contributed by atoms with Gasteiger partial charge in [0.1, 0.15) is 0 Å². The van der Waals surface area contributed by atoms with Gasteiger partial charge in [0, 0.05) is 50.1 Å². The Hall–Kier alpha value is -1.98. The van der Waals surface area contributed by atoms with Crippen LogP contribution in [0.3, 0.4) is 0 Å². The van der Waals surface area contributed by atoms with Gasteiger partial charge < -0.3 is 0 Å². The van der Waals surface area contributed by atoms with Crippen molar-refractivity contribution < 1.29 is 0 Å². The molecular formula is C70H108S4. The molecule has 6 rings (SSSR count). The van der Waals surface area contributed by atoms with E-state index in [1.165, 1.54) is 270 Å². The van der Waals surface area contributed by atoms with Gasteiger partial charge in [-0.05, 0) is 145 Å². The maximum absolute atomic E-state index is 2.76. The quantitative estimate of drug-likeness (QED) is 0.0335. The highest BCUT2D eigenvalue weighted by Gasteiger charge is 2.24. The number of hydrogen-bond acceptors (Lipinski definition) is 4. The van der Waals surface area contributed by atoms with Crippen LogP contribution in [0.1, 0.15) is 318 Å². The molecule has 0 aliphatic heterocycles. The summed E-state index contributed by atoms with van der Waals surface area (Å²) in [5.41, 5.74) is 10.4. The van der Waals surface area contributed by atoms with Crippen molar-refractivity contribution in [1.29, 1.82) is 0 Å². The zero-order valence-electron chi connectivity index (χ0n) is 48.8. The van der Waals surface area contributed by atoms with Crippen molar-refractivity contribution in [3.63, 3.8) is 0 Å². The Balaban J connectivity index is 1.51. The molecule has 412 valence electrons. The van der Waals surface area contributed by atoms with Crippen molar-refractivity contribution in [3.8, 4) is 0 Å². The molecule has 0 nitrogen and oxygen atoms in total. The summed E-state index contributed by atoms with van der Waals surface area (Å²) in [7, 11) is 0. The molecule has 0 radical (unpaired) electrons. The molecular weight excluding hydrogens is 969 g/mol. The zero-order chi connectivity index (χ0) is 52.0. The number of fused-ring (bicyclic) bond motifs is 6. The fourth-order valence-corrected chi connectivity index (χ4v) is 17.2. The predicted octanol–water partition coefficient (Wildman–Crippen LogP) is 26.6. The van der Waals surface area contributed by atoms with Crippen LogP contribution in [0.25, 0.3) is 51.5 Å². The van der Waals surface area contributed by atoms with Gasteiger partial charge in [-0.3, -0.25) is 0 Å². The van der Waals surface area contributed by atoms with Gasteiger partial charge in [-0.25, -0.2) is 0 Å². The van der Waals surface area contributed by atoms with E-state index in [0.717, 1.165) is 0 Å². The number of allylic oxidation sites excluding steroid dienone is 2. The number of thiophene rings is 4. The molecule has 0 aliphatic rings. The average molecular weight is 1080 g/mol. The molecule has 0 fully saturated rings. The molecule has 2 aromatic carbocycles. The maximum atomic E-state index is 2.76. The van der Waals surface area contributed by atoms with Crippen molar-refractivity contribution in [2.24, 2.45) is 0 Å². The van der Waals surface area contributed by atoms with Gasteiger partial charge in [-0.1, -0.05) is 234 Å². The van der Waals surface area contributed by atoms with Crippen LogP contribution in [0.15, 0.2) is 35.0 Å². The number of aryl methyl sites for hydroxylation is 4. The second-order valence-electron chi connectivity index (χ2n) is 23.0. The fourth-order valence-electron chi connectivity index (χ4n) is 12.4. The maximum Gasteiger partial charge on any atom is 0.0391 e. The lowest BCUT2D eigenvalue weighted by molar-refractivity contribution is 0.601. The van der Waals surface area contributed by atoms with Crippen molar-refractivity contribution in [2.75, 3.05) is 0 Å². The summed E-state index contributed by atoms with van der Waals surface area (Å²) in [6.45, 7) is 14.2. The Morgan fingerprint density at radius 2 is 0.541 bits per heavy atom. The topological polar surface area (TPSA) is 0 Å². The summed E-state index contributed by atoms with van der Waals surface area (Å²) in [5.74, 6) is 0. The predicted molar refractivity (Wildman–Crippen MR) is 346 cm³/mol. The molecule has 0 saturated heterocycles. The molecule has 74 heavy (non-hydrogen) atoms. The first kappa shape index (κ1) is 61.2. The number of benzene rings is 2. The first-order valence-corrected chi connectivity index (χ1v) is 35.6. The van der Waals surface area contributed by atoms with Crippen molar-refractivity contribution in [2.45, 2.75) is 311 Å². The molecule has 4 heteroatoms. The highest BCUT2D eigenvalue weighted by Crippen LogP contribution is 2.49.